The Morgan fingerprint density at radius 1 is 1.56 bits per heavy atom. The Balaban J connectivity index is 0. The van der Waals surface area contributed by atoms with Crippen molar-refractivity contribution in [1.82, 2.24) is 6.15 Å². The minimum absolute atomic E-state index is 0. The molecule has 0 bridgehead atoms. The normalized spacial score (nSPS) is 10.9. The quantitative estimate of drug-likeness (QED) is 0.353. The number of allylic oxidation sites excluding steroid dienone is 1. The van der Waals surface area contributed by atoms with Crippen LogP contribution in [0.25, 0.3) is 0 Å². The van der Waals surface area contributed by atoms with Gasteiger partial charge in [-0.3, -0.25) is 0 Å². The molecule has 0 aromatic carbocycles. The van der Waals surface area contributed by atoms with Crippen molar-refractivity contribution in [3.05, 3.63) is 12.3 Å². The molecule has 6 heteroatoms. The van der Waals surface area contributed by atoms with Crippen molar-refractivity contribution in [2.24, 2.45) is 0 Å². The third-order valence-electron chi connectivity index (χ3n) is 0.309. The van der Waals surface area contributed by atoms with Gasteiger partial charge in [-0.15, -0.1) is 0 Å². The van der Waals surface area contributed by atoms with Gasteiger partial charge >= 0.3 is 0 Å². The fourth-order valence-electron chi connectivity index (χ4n) is 0.124. The molecule has 0 aromatic heterocycles. The van der Waals surface area contributed by atoms with E-state index in [2.05, 4.69) is 4.18 Å². The lowest BCUT2D eigenvalue weighted by Gasteiger charge is -2.01. The van der Waals surface area contributed by atoms with Gasteiger partial charge in [-0.25, -0.2) is 8.42 Å². The van der Waals surface area contributed by atoms with Gasteiger partial charge in [0.05, 0.1) is 0 Å². The lowest BCUT2D eigenvalue weighted by molar-refractivity contribution is 0.343. The smallest absolute Gasteiger partial charge is 0.262 e. The highest BCUT2D eigenvalue weighted by molar-refractivity contribution is 7.80. The lowest BCUT2D eigenvalue weighted by atomic mass is 10.8. The molecular weight excluding hydrogens is 146 g/mol. The third kappa shape index (κ3) is 11.2. The minimum Gasteiger partial charge on any atom is -0.716 e. The predicted octanol–water partition coefficient (Wildman–Crippen LogP) is 0.373. The summed E-state index contributed by atoms with van der Waals surface area (Å²) in [7, 11) is -4.52. The summed E-state index contributed by atoms with van der Waals surface area (Å²) in [5.74, 6) is 0. The molecule has 9 heavy (non-hydrogen) atoms. The maximum Gasteiger partial charge on any atom is 0.262 e. The fraction of sp³-hybridized carbons (Fsp3) is 0.333. The summed E-state index contributed by atoms with van der Waals surface area (Å²) in [4.78, 5) is 0. The molecule has 0 aromatic rings. The van der Waals surface area contributed by atoms with Gasteiger partial charge in [0.2, 0.25) is 0 Å². The summed E-state index contributed by atoms with van der Waals surface area (Å²) in [5.41, 5.74) is 0. The standard InChI is InChI=1S/C3H6O4S.H3N/c1-2-3-7-8(4,5)6;/h2-3H,1H3,(H,4,5,6);1H3. The monoisotopic (exact) mass is 155 g/mol. The second-order valence-corrected chi connectivity index (χ2v) is 1.98. The molecule has 0 aliphatic rings. The average Bonchev–Trinajstić information content (AvgIpc) is 1.59. The van der Waals surface area contributed by atoms with Crippen LogP contribution >= 0.6 is 0 Å². The van der Waals surface area contributed by atoms with Crippen LogP contribution in [0, 0.1) is 0 Å². The van der Waals surface area contributed by atoms with E-state index in [9.17, 15) is 13.0 Å². The molecule has 0 spiro atoms. The Labute approximate surface area is 53.9 Å². The minimum atomic E-state index is -4.52. The van der Waals surface area contributed by atoms with Crippen LogP contribution in [0.2, 0.25) is 0 Å². The maximum atomic E-state index is 9.56. The molecule has 0 saturated carbocycles. The van der Waals surface area contributed by atoms with Crippen molar-refractivity contribution in [1.29, 1.82) is 0 Å². The van der Waals surface area contributed by atoms with E-state index in [-0.39, 0.29) is 6.15 Å². The molecule has 5 nitrogen and oxygen atoms in total. The summed E-state index contributed by atoms with van der Waals surface area (Å²) < 4.78 is 32.3. The third-order valence-corrected chi connectivity index (χ3v) is 0.656. The first kappa shape index (κ1) is 11.2. The van der Waals surface area contributed by atoms with Crippen molar-refractivity contribution in [3.63, 3.8) is 0 Å². The van der Waals surface area contributed by atoms with Crippen LogP contribution in [0.1, 0.15) is 6.92 Å². The van der Waals surface area contributed by atoms with E-state index in [0.717, 1.165) is 6.26 Å². The molecule has 0 amide bonds. The summed E-state index contributed by atoms with van der Waals surface area (Å²) in [6, 6.07) is 0. The molecule has 0 radical (unpaired) electrons. The van der Waals surface area contributed by atoms with E-state index in [4.69, 9.17) is 0 Å². The summed E-state index contributed by atoms with van der Waals surface area (Å²) in [6.45, 7) is 1.53. The second-order valence-electron chi connectivity index (χ2n) is 0.974. The Kier molecular flexibility index (Phi) is 5.38. The van der Waals surface area contributed by atoms with Crippen molar-refractivity contribution in [3.8, 4) is 0 Å². The van der Waals surface area contributed by atoms with Gasteiger partial charge in [0.1, 0.15) is 6.26 Å². The lowest BCUT2D eigenvalue weighted by Crippen LogP contribution is -1.97. The molecule has 0 fully saturated rings. The van der Waals surface area contributed by atoms with E-state index >= 15 is 0 Å². The van der Waals surface area contributed by atoms with E-state index < -0.39 is 10.4 Å². The van der Waals surface area contributed by atoms with E-state index in [0.29, 0.717) is 0 Å². The van der Waals surface area contributed by atoms with Crippen LogP contribution in [0.3, 0.4) is 0 Å². The average molecular weight is 155 g/mol. The first-order chi connectivity index (χ1) is 3.56. The van der Waals surface area contributed by atoms with E-state index in [1.54, 1.807) is 0 Å². The molecule has 0 saturated heterocycles. The van der Waals surface area contributed by atoms with E-state index in [1.165, 1.54) is 13.0 Å². The van der Waals surface area contributed by atoms with Crippen molar-refractivity contribution in [2.75, 3.05) is 0 Å². The highest BCUT2D eigenvalue weighted by Crippen LogP contribution is 1.84. The van der Waals surface area contributed by atoms with Crippen LogP contribution < -0.4 is 6.15 Å². The molecule has 4 N–H and O–H groups in total. The molecule has 0 atom stereocenters. The topological polar surface area (TPSA) is 103 Å². The molecule has 0 aliphatic carbocycles. The zero-order valence-corrected chi connectivity index (χ0v) is 6.01. The van der Waals surface area contributed by atoms with Crippen molar-refractivity contribution < 1.29 is 17.2 Å². The first-order valence-electron chi connectivity index (χ1n) is 1.81. The summed E-state index contributed by atoms with van der Waals surface area (Å²) >= 11 is 0. The number of hydrogen-bond acceptors (Lipinski definition) is 4. The molecule has 0 unspecified atom stereocenters. The van der Waals surface area contributed by atoms with Crippen LogP contribution in [-0.4, -0.2) is 13.0 Å². The van der Waals surface area contributed by atoms with Crippen LogP contribution in [0.4, 0.5) is 0 Å². The highest BCUT2D eigenvalue weighted by atomic mass is 32.3. The molecule has 56 valence electrons. The summed E-state index contributed by atoms with van der Waals surface area (Å²) in [5, 5.41) is 0. The van der Waals surface area contributed by atoms with E-state index in [1.807, 2.05) is 0 Å². The Bertz CT molecular complexity index is 170. The predicted molar refractivity (Wildman–Crippen MR) is 31.6 cm³/mol. The first-order valence-corrected chi connectivity index (χ1v) is 3.15. The SMILES string of the molecule is CC=COS(=O)(=O)[O-].[NH4+]. The van der Waals surface area contributed by atoms with Gasteiger partial charge in [-0.2, -0.15) is 0 Å². The van der Waals surface area contributed by atoms with Crippen LogP contribution in [-0.2, 0) is 14.6 Å². The van der Waals surface area contributed by atoms with Gasteiger partial charge in [0.15, 0.2) is 0 Å². The van der Waals surface area contributed by atoms with Gasteiger partial charge in [0, 0.05) is 0 Å². The van der Waals surface area contributed by atoms with Crippen molar-refractivity contribution in [2.45, 2.75) is 6.92 Å². The Morgan fingerprint density at radius 3 is 2.11 bits per heavy atom. The molecule has 0 aliphatic heterocycles. The summed E-state index contributed by atoms with van der Waals surface area (Å²) in [6.07, 6.45) is 2.11. The maximum absolute atomic E-state index is 9.56. The van der Waals surface area contributed by atoms with Gasteiger partial charge in [-0.1, -0.05) is 6.08 Å². The van der Waals surface area contributed by atoms with Gasteiger partial charge in [-0.05, 0) is 6.92 Å². The second kappa shape index (κ2) is 4.30. The van der Waals surface area contributed by atoms with Gasteiger partial charge in [0.25, 0.3) is 10.4 Å². The fourth-order valence-corrected chi connectivity index (χ4v) is 0.371. The molecule has 0 rings (SSSR count). The number of quaternary nitrogens is 1. The van der Waals surface area contributed by atoms with Crippen LogP contribution in [0.5, 0.6) is 0 Å². The number of hydrogen-bond donors (Lipinski definition) is 1. The zero-order chi connectivity index (χ0) is 6.62. The highest BCUT2D eigenvalue weighted by Gasteiger charge is 1.83. The molecular formula is C3H9NO4S. The molecule has 0 heterocycles. The Morgan fingerprint density at radius 2 is 2.00 bits per heavy atom. The van der Waals surface area contributed by atoms with Gasteiger partial charge < -0.3 is 14.9 Å². The van der Waals surface area contributed by atoms with Crippen LogP contribution in [0.15, 0.2) is 12.3 Å². The zero-order valence-electron chi connectivity index (χ0n) is 5.20. The largest absolute Gasteiger partial charge is 0.716 e. The Hall–Kier alpha value is -0.590. The van der Waals surface area contributed by atoms with Crippen molar-refractivity contribution >= 4 is 10.4 Å². The number of rotatable bonds is 2.